The van der Waals surface area contributed by atoms with Gasteiger partial charge in [0.05, 0.1) is 0 Å². The molecule has 7 atom stereocenters. The minimum Gasteiger partial charge on any atom is -0.461 e. The van der Waals surface area contributed by atoms with Crippen LogP contribution < -0.4 is 0 Å². The average molecular weight is 399 g/mol. The first-order chi connectivity index (χ1) is 13.6. The lowest BCUT2D eigenvalue weighted by atomic mass is 9.45. The molecule has 4 rings (SSSR count). The molecule has 2 nitrogen and oxygen atoms in total. The molecule has 29 heavy (non-hydrogen) atoms. The fourth-order valence-electron chi connectivity index (χ4n) is 8.01. The monoisotopic (exact) mass is 398 g/mol. The molecule has 3 fully saturated rings. The van der Waals surface area contributed by atoms with E-state index in [2.05, 4.69) is 53.7 Å². The highest BCUT2D eigenvalue weighted by Crippen LogP contribution is 2.71. The molecule has 3 aliphatic carbocycles. The summed E-state index contributed by atoms with van der Waals surface area (Å²) in [5, 5.41) is 0. The van der Waals surface area contributed by atoms with Crippen LogP contribution in [0.4, 0.5) is 0 Å². The van der Waals surface area contributed by atoms with Gasteiger partial charge in [-0.3, -0.25) is 4.79 Å². The molecule has 162 valence electrons. The summed E-state index contributed by atoms with van der Waals surface area (Å²) in [6.45, 7) is 14.6. The number of carbonyl (C=O) groups excluding carboxylic acids is 1. The zero-order valence-electron chi connectivity index (χ0n) is 19.6. The van der Waals surface area contributed by atoms with Crippen LogP contribution in [0.25, 0.3) is 0 Å². The Balaban J connectivity index is 1.59. The van der Waals surface area contributed by atoms with Gasteiger partial charge in [0.15, 0.2) is 0 Å². The number of rotatable bonds is 4. The van der Waals surface area contributed by atoms with Gasteiger partial charge in [-0.25, -0.2) is 0 Å². The topological polar surface area (TPSA) is 26.3 Å². The van der Waals surface area contributed by atoms with Gasteiger partial charge in [0, 0.05) is 18.3 Å². The first kappa shape index (κ1) is 21.2. The number of hydrogen-bond donors (Lipinski definition) is 0. The molecule has 0 spiro atoms. The van der Waals surface area contributed by atoms with Crippen LogP contribution in [0.5, 0.6) is 0 Å². The number of fused-ring (bicyclic) bond motifs is 5. The summed E-state index contributed by atoms with van der Waals surface area (Å²) in [5.41, 5.74) is 4.07. The Hall–Kier alpha value is -1.05. The molecule has 0 aromatic carbocycles. The van der Waals surface area contributed by atoms with E-state index in [-0.39, 0.29) is 17.5 Å². The lowest BCUT2D eigenvalue weighted by Crippen LogP contribution is -2.55. The van der Waals surface area contributed by atoms with Gasteiger partial charge in [0.2, 0.25) is 0 Å². The van der Waals surface area contributed by atoms with Crippen LogP contribution >= 0.6 is 0 Å². The zero-order chi connectivity index (χ0) is 21.0. The van der Waals surface area contributed by atoms with Gasteiger partial charge in [-0.15, -0.1) is 0 Å². The van der Waals surface area contributed by atoms with Crippen molar-refractivity contribution in [2.75, 3.05) is 0 Å². The molecule has 2 saturated carbocycles. The van der Waals surface area contributed by atoms with Crippen molar-refractivity contribution in [2.45, 2.75) is 105 Å². The molecule has 0 radical (unpaired) electrons. The minimum absolute atomic E-state index is 0.0160. The first-order valence-corrected chi connectivity index (χ1v) is 12.2. The van der Waals surface area contributed by atoms with Gasteiger partial charge in [0.1, 0.15) is 6.10 Å². The molecule has 0 aromatic rings. The largest absolute Gasteiger partial charge is 0.461 e. The van der Waals surface area contributed by atoms with E-state index < -0.39 is 0 Å². The highest BCUT2D eigenvalue weighted by atomic mass is 16.5. The van der Waals surface area contributed by atoms with Crippen molar-refractivity contribution >= 4 is 5.97 Å². The van der Waals surface area contributed by atoms with Crippen molar-refractivity contribution in [3.8, 4) is 0 Å². The molecule has 0 bridgehead atoms. The van der Waals surface area contributed by atoms with Crippen LogP contribution in [0.1, 0.15) is 99.3 Å². The maximum atomic E-state index is 11.9. The van der Waals surface area contributed by atoms with Crippen molar-refractivity contribution in [3.05, 3.63) is 23.3 Å². The second-order valence-corrected chi connectivity index (χ2v) is 11.7. The molecule has 7 unspecified atom stereocenters. The Morgan fingerprint density at radius 1 is 1.21 bits per heavy atom. The van der Waals surface area contributed by atoms with E-state index in [9.17, 15) is 4.79 Å². The van der Waals surface area contributed by atoms with E-state index in [0.717, 1.165) is 24.7 Å². The van der Waals surface area contributed by atoms with E-state index in [1.165, 1.54) is 44.1 Å². The smallest absolute Gasteiger partial charge is 0.306 e. The second-order valence-electron chi connectivity index (χ2n) is 11.7. The summed E-state index contributed by atoms with van der Waals surface area (Å²) in [4.78, 5) is 11.9. The predicted molar refractivity (Wildman–Crippen MR) is 119 cm³/mol. The number of esters is 1. The van der Waals surface area contributed by atoms with Crippen molar-refractivity contribution in [1.29, 1.82) is 0 Å². The standard InChI is InChI=1S/C27H42O2/c1-18(2)8-7-9-19(3)20-12-16-27(6)22-10-11-23-25(4,15-14-24(28)29-23)21(22)13-17-26(20,27)5/h8,10,19-21,23H,7,9,11-17H2,1-6H3. The highest BCUT2D eigenvalue weighted by molar-refractivity contribution is 5.70. The molecule has 0 aromatic heterocycles. The number of hydrogen-bond acceptors (Lipinski definition) is 2. The summed E-state index contributed by atoms with van der Waals surface area (Å²) in [6, 6.07) is 0. The van der Waals surface area contributed by atoms with Gasteiger partial charge < -0.3 is 4.74 Å². The van der Waals surface area contributed by atoms with Gasteiger partial charge >= 0.3 is 5.97 Å². The van der Waals surface area contributed by atoms with Crippen molar-refractivity contribution < 1.29 is 9.53 Å². The maximum Gasteiger partial charge on any atom is 0.306 e. The van der Waals surface area contributed by atoms with E-state index >= 15 is 0 Å². The third-order valence-corrected chi connectivity index (χ3v) is 10.1. The molecule has 1 heterocycles. The third-order valence-electron chi connectivity index (χ3n) is 10.1. The molecule has 0 N–H and O–H groups in total. The van der Waals surface area contributed by atoms with Crippen molar-refractivity contribution in [3.63, 3.8) is 0 Å². The van der Waals surface area contributed by atoms with Crippen LogP contribution in [0.3, 0.4) is 0 Å². The van der Waals surface area contributed by atoms with E-state index in [1.807, 2.05) is 0 Å². The van der Waals surface area contributed by atoms with Crippen LogP contribution in [-0.2, 0) is 9.53 Å². The van der Waals surface area contributed by atoms with Gasteiger partial charge in [-0.1, -0.05) is 51.0 Å². The summed E-state index contributed by atoms with van der Waals surface area (Å²) >= 11 is 0. The third kappa shape index (κ3) is 3.15. The summed E-state index contributed by atoms with van der Waals surface area (Å²) in [7, 11) is 0. The maximum absolute atomic E-state index is 11.9. The Bertz CT molecular complexity index is 729. The van der Waals surface area contributed by atoms with Gasteiger partial charge in [-0.05, 0) is 87.4 Å². The highest BCUT2D eigenvalue weighted by Gasteiger charge is 2.63. The number of allylic oxidation sites excluding steroid dienone is 3. The molecular formula is C27H42O2. The molecule has 2 heteroatoms. The lowest BCUT2D eigenvalue weighted by Gasteiger charge is -2.60. The summed E-state index contributed by atoms with van der Waals surface area (Å²) in [5.74, 6) is 2.24. The molecular weight excluding hydrogens is 356 g/mol. The Morgan fingerprint density at radius 2 is 1.97 bits per heavy atom. The first-order valence-electron chi connectivity index (χ1n) is 12.2. The SMILES string of the molecule is CC(C)=CCCC(C)C1CCC2(C)C3=CCC4OC(=O)CCC4(C)C3CCC12C. The molecule has 0 amide bonds. The van der Waals surface area contributed by atoms with Crippen LogP contribution in [-0.4, -0.2) is 12.1 Å². The number of ether oxygens (including phenoxy) is 1. The fraction of sp³-hybridized carbons (Fsp3) is 0.815. The lowest BCUT2D eigenvalue weighted by molar-refractivity contribution is -0.173. The Morgan fingerprint density at radius 3 is 2.69 bits per heavy atom. The average Bonchev–Trinajstić information content (AvgIpc) is 2.93. The summed E-state index contributed by atoms with van der Waals surface area (Å²) in [6.07, 6.45) is 15.4. The van der Waals surface area contributed by atoms with Crippen molar-refractivity contribution in [1.82, 2.24) is 0 Å². The minimum atomic E-state index is 0.0160. The van der Waals surface area contributed by atoms with E-state index in [4.69, 9.17) is 4.74 Å². The van der Waals surface area contributed by atoms with Gasteiger partial charge in [-0.2, -0.15) is 0 Å². The Kier molecular flexibility index (Phi) is 5.32. The molecule has 1 saturated heterocycles. The van der Waals surface area contributed by atoms with Crippen LogP contribution in [0.15, 0.2) is 23.3 Å². The van der Waals surface area contributed by atoms with Crippen LogP contribution in [0.2, 0.25) is 0 Å². The Labute approximate surface area is 178 Å². The van der Waals surface area contributed by atoms with Gasteiger partial charge in [0.25, 0.3) is 0 Å². The zero-order valence-corrected chi connectivity index (χ0v) is 19.6. The van der Waals surface area contributed by atoms with Crippen LogP contribution in [0, 0.1) is 34.0 Å². The molecule has 4 aliphatic rings. The normalized spacial score (nSPS) is 44.7. The molecule has 1 aliphatic heterocycles. The summed E-state index contributed by atoms with van der Waals surface area (Å²) < 4.78 is 5.85. The van der Waals surface area contributed by atoms with E-state index in [0.29, 0.717) is 23.2 Å². The quantitative estimate of drug-likeness (QED) is 0.368. The van der Waals surface area contributed by atoms with E-state index in [1.54, 1.807) is 5.57 Å². The predicted octanol–water partition coefficient (Wildman–Crippen LogP) is 7.24. The fourth-order valence-corrected chi connectivity index (χ4v) is 8.01. The second kappa shape index (κ2) is 7.27. The van der Waals surface area contributed by atoms with Crippen molar-refractivity contribution in [2.24, 2.45) is 34.0 Å². The number of carbonyl (C=O) groups is 1.